The van der Waals surface area contributed by atoms with Gasteiger partial charge in [0.05, 0.1) is 17.4 Å². The number of hydrogen-bond donors (Lipinski definition) is 3. The molecule has 0 unspecified atom stereocenters. The Morgan fingerprint density at radius 3 is 2.63 bits per heavy atom. The number of hydrazone groups is 1. The fourth-order valence-corrected chi connectivity index (χ4v) is 4.07. The molecule has 27 heavy (non-hydrogen) atoms. The number of aromatic amines is 1. The Morgan fingerprint density at radius 2 is 1.96 bits per heavy atom. The quantitative estimate of drug-likeness (QED) is 0.627. The van der Waals surface area contributed by atoms with Crippen molar-refractivity contribution in [1.82, 2.24) is 15.0 Å². The molecule has 9 heteroatoms. The number of thiophene rings is 1. The molecule has 3 aromatic rings. The average molecular weight is 403 g/mol. The van der Waals surface area contributed by atoms with Crippen LogP contribution in [0.1, 0.15) is 27.8 Å². The molecule has 2 aromatic heterocycles. The van der Waals surface area contributed by atoms with Crippen LogP contribution in [0.25, 0.3) is 5.69 Å². The second-order valence-corrected chi connectivity index (χ2v) is 7.92. The van der Waals surface area contributed by atoms with Crippen molar-refractivity contribution >= 4 is 28.6 Å². The van der Waals surface area contributed by atoms with Crippen LogP contribution in [0, 0.1) is 6.92 Å². The van der Waals surface area contributed by atoms with Gasteiger partial charge in [0, 0.05) is 21.2 Å². The monoisotopic (exact) mass is 402 g/mol. The summed E-state index contributed by atoms with van der Waals surface area (Å²) in [7, 11) is 0. The Labute approximate surface area is 162 Å². The topological polar surface area (TPSA) is 99.5 Å². The number of hydrogen-bond acceptors (Lipinski definition) is 6. The number of nitrogens with zero attached hydrogens (tertiary/aromatic N) is 2. The summed E-state index contributed by atoms with van der Waals surface area (Å²) in [5, 5.41) is 15.4. The van der Waals surface area contributed by atoms with Gasteiger partial charge in [0.25, 0.3) is 5.56 Å². The van der Waals surface area contributed by atoms with Gasteiger partial charge >= 0.3 is 5.69 Å². The van der Waals surface area contributed by atoms with Gasteiger partial charge < -0.3 is 10.5 Å². The first kappa shape index (κ1) is 17.6. The van der Waals surface area contributed by atoms with Gasteiger partial charge in [-0.25, -0.2) is 9.36 Å². The Kier molecular flexibility index (Phi) is 4.37. The molecule has 1 aliphatic heterocycles. The minimum absolute atomic E-state index is 0.0205. The van der Waals surface area contributed by atoms with Crippen molar-refractivity contribution in [1.29, 1.82) is 0 Å². The number of aromatic nitrogens is 2. The lowest BCUT2D eigenvalue weighted by Crippen LogP contribution is -2.33. The van der Waals surface area contributed by atoms with Crippen LogP contribution in [0.3, 0.4) is 0 Å². The molecular formula is C18H15ClN4O3S. The van der Waals surface area contributed by atoms with Gasteiger partial charge in [-0.05, 0) is 43.3 Å². The fraction of sp³-hybridized carbons (Fsp3) is 0.167. The zero-order valence-corrected chi connectivity index (χ0v) is 15.8. The highest BCUT2D eigenvalue weighted by Gasteiger charge is 2.28. The van der Waals surface area contributed by atoms with Gasteiger partial charge in [-0.1, -0.05) is 11.6 Å². The van der Waals surface area contributed by atoms with Crippen LogP contribution in [0.5, 0.6) is 5.88 Å². The summed E-state index contributed by atoms with van der Waals surface area (Å²) < 4.78 is 1.03. The lowest BCUT2D eigenvalue weighted by molar-refractivity contribution is 0.429. The largest absolute Gasteiger partial charge is 0.493 e. The van der Waals surface area contributed by atoms with E-state index in [4.69, 9.17) is 11.6 Å². The first-order chi connectivity index (χ1) is 12.9. The molecule has 0 fully saturated rings. The molecule has 138 valence electrons. The first-order valence-corrected chi connectivity index (χ1v) is 9.36. The zero-order valence-electron chi connectivity index (χ0n) is 14.2. The van der Waals surface area contributed by atoms with E-state index in [0.29, 0.717) is 22.8 Å². The number of H-pyrrole nitrogens is 1. The van der Waals surface area contributed by atoms with Gasteiger partial charge in [-0.15, -0.1) is 11.3 Å². The molecule has 0 spiro atoms. The molecule has 7 nitrogen and oxygen atoms in total. The van der Waals surface area contributed by atoms with E-state index in [9.17, 15) is 14.7 Å². The maximum absolute atomic E-state index is 12.4. The van der Waals surface area contributed by atoms with Crippen LogP contribution in [0.2, 0.25) is 5.02 Å². The maximum Gasteiger partial charge on any atom is 0.335 e. The second-order valence-electron chi connectivity index (χ2n) is 6.16. The Morgan fingerprint density at radius 1 is 1.22 bits per heavy atom. The van der Waals surface area contributed by atoms with Gasteiger partial charge in [-0.2, -0.15) is 5.10 Å². The van der Waals surface area contributed by atoms with Crippen LogP contribution in [0.4, 0.5) is 0 Å². The van der Waals surface area contributed by atoms with E-state index in [0.717, 1.165) is 9.44 Å². The van der Waals surface area contributed by atoms with E-state index in [1.165, 1.54) is 4.88 Å². The summed E-state index contributed by atoms with van der Waals surface area (Å²) >= 11 is 7.52. The van der Waals surface area contributed by atoms with Crippen LogP contribution in [0.15, 0.2) is 51.1 Å². The summed E-state index contributed by atoms with van der Waals surface area (Å²) in [6.07, 6.45) is 0.426. The van der Waals surface area contributed by atoms with E-state index in [-0.39, 0.29) is 11.6 Å². The molecular weight excluding hydrogens is 388 g/mol. The summed E-state index contributed by atoms with van der Waals surface area (Å²) in [6, 6.07) is 10.3. The van der Waals surface area contributed by atoms with Crippen LogP contribution >= 0.6 is 22.9 Å². The zero-order chi connectivity index (χ0) is 19.1. The van der Waals surface area contributed by atoms with E-state index >= 15 is 0 Å². The number of benzene rings is 1. The lowest BCUT2D eigenvalue weighted by atomic mass is 10.1. The van der Waals surface area contributed by atoms with Crippen LogP contribution < -0.4 is 16.7 Å². The second kappa shape index (κ2) is 6.71. The Bertz CT molecular complexity index is 1160. The standard InChI is InChI=1S/C18H15ClN4O3S/c1-9-2-7-14(27-9)12-8-13(22-21-12)15-16(24)20-18(26)23(17(15)25)11-5-3-10(19)4-6-11/h2-7,12,21,25H,8H2,1H3,(H,20,24,26)/t12-/m1/s1. The van der Waals surface area contributed by atoms with Crippen molar-refractivity contribution in [3.8, 4) is 11.6 Å². The summed E-state index contributed by atoms with van der Waals surface area (Å²) in [4.78, 5) is 29.2. The molecule has 0 aliphatic carbocycles. The normalized spacial score (nSPS) is 16.2. The third-order valence-electron chi connectivity index (χ3n) is 4.32. The Balaban J connectivity index is 1.76. The number of nitrogens with one attached hydrogen (secondary N) is 2. The van der Waals surface area contributed by atoms with Gasteiger partial charge in [0.1, 0.15) is 5.56 Å². The third kappa shape index (κ3) is 3.17. The number of rotatable bonds is 3. The Hall–Kier alpha value is -2.84. The first-order valence-electron chi connectivity index (χ1n) is 8.17. The highest BCUT2D eigenvalue weighted by molar-refractivity contribution is 7.12. The molecule has 0 saturated heterocycles. The van der Waals surface area contributed by atoms with Gasteiger partial charge in [0.2, 0.25) is 5.88 Å². The highest BCUT2D eigenvalue weighted by Crippen LogP contribution is 2.30. The molecule has 3 N–H and O–H groups in total. The predicted octanol–water partition coefficient (Wildman–Crippen LogP) is 2.69. The SMILES string of the molecule is Cc1ccc([C@H]2CC(c3c(O)n(-c4ccc(Cl)cc4)c(=O)[nH]c3=O)=NN2)s1. The highest BCUT2D eigenvalue weighted by atomic mass is 35.5. The minimum Gasteiger partial charge on any atom is -0.493 e. The van der Waals surface area contributed by atoms with Crippen molar-refractivity contribution in [2.45, 2.75) is 19.4 Å². The van der Waals surface area contributed by atoms with Gasteiger partial charge in [-0.3, -0.25) is 9.78 Å². The van der Waals surface area contributed by atoms with E-state index < -0.39 is 17.1 Å². The molecule has 4 rings (SSSR count). The molecule has 1 atom stereocenters. The minimum atomic E-state index is -0.736. The molecule has 0 saturated carbocycles. The van der Waals surface area contributed by atoms with E-state index in [1.54, 1.807) is 35.6 Å². The summed E-state index contributed by atoms with van der Waals surface area (Å²) in [5.74, 6) is -0.449. The molecule has 1 aromatic carbocycles. The van der Waals surface area contributed by atoms with E-state index in [1.807, 2.05) is 19.1 Å². The molecule has 0 radical (unpaired) electrons. The maximum atomic E-state index is 12.4. The van der Waals surface area contributed by atoms with Crippen molar-refractivity contribution in [3.63, 3.8) is 0 Å². The number of halogens is 1. The lowest BCUT2D eigenvalue weighted by Gasteiger charge is -2.11. The summed E-state index contributed by atoms with van der Waals surface area (Å²) in [6.45, 7) is 2.02. The molecule has 0 amide bonds. The van der Waals surface area contributed by atoms with Crippen molar-refractivity contribution in [2.75, 3.05) is 0 Å². The predicted molar refractivity (Wildman–Crippen MR) is 105 cm³/mol. The van der Waals surface area contributed by atoms with E-state index in [2.05, 4.69) is 15.5 Å². The smallest absolute Gasteiger partial charge is 0.335 e. The van der Waals surface area contributed by atoms with Crippen molar-refractivity contribution in [2.24, 2.45) is 5.10 Å². The van der Waals surface area contributed by atoms with Crippen LogP contribution in [-0.2, 0) is 0 Å². The van der Waals surface area contributed by atoms with Gasteiger partial charge in [0.15, 0.2) is 0 Å². The van der Waals surface area contributed by atoms with Crippen molar-refractivity contribution in [3.05, 3.63) is 77.6 Å². The number of aryl methyl sites for hydroxylation is 1. The molecule has 1 aliphatic rings. The third-order valence-corrected chi connectivity index (χ3v) is 5.68. The average Bonchev–Trinajstić information content (AvgIpc) is 3.25. The summed E-state index contributed by atoms with van der Waals surface area (Å²) in [5.41, 5.74) is 2.35. The van der Waals surface area contributed by atoms with Crippen molar-refractivity contribution < 1.29 is 5.11 Å². The molecule has 0 bridgehead atoms. The molecule has 3 heterocycles. The number of aromatic hydroxyl groups is 1. The van der Waals surface area contributed by atoms with Crippen LogP contribution in [-0.4, -0.2) is 20.4 Å². The fourth-order valence-electron chi connectivity index (χ4n) is 3.02.